The zero-order valence-corrected chi connectivity index (χ0v) is 58.8. The Morgan fingerprint density at radius 3 is 1.34 bits per heavy atom. The van der Waals surface area contributed by atoms with Crippen LogP contribution in [0.25, 0.3) is 33.1 Å². The fourth-order valence-electron chi connectivity index (χ4n) is 6.36. The van der Waals surface area contributed by atoms with E-state index in [2.05, 4.69) is 106 Å². The van der Waals surface area contributed by atoms with E-state index >= 15 is 0 Å². The minimum absolute atomic E-state index is 0.0739. The Morgan fingerprint density at radius 2 is 0.912 bits per heavy atom. The van der Waals surface area contributed by atoms with Crippen molar-refractivity contribution in [3.63, 3.8) is 0 Å². The number of pyridine rings is 7. The highest BCUT2D eigenvalue weighted by molar-refractivity contribution is 14.1. The first-order valence-electron chi connectivity index (χ1n) is 26.6. The van der Waals surface area contributed by atoms with E-state index in [-0.39, 0.29) is 29.3 Å². The third-order valence-corrected chi connectivity index (χ3v) is 13.9. The van der Waals surface area contributed by atoms with Crippen LogP contribution in [0.3, 0.4) is 0 Å². The number of anilines is 4. The van der Waals surface area contributed by atoms with E-state index in [1.54, 1.807) is 111 Å². The summed E-state index contributed by atoms with van der Waals surface area (Å²) < 4.78 is 11.5. The van der Waals surface area contributed by atoms with Crippen LogP contribution in [0.4, 0.5) is 23.3 Å². The number of carboxylic acids is 1. The van der Waals surface area contributed by atoms with Crippen LogP contribution in [0, 0.1) is 18.0 Å². The Bertz CT molecular complexity index is 4160. The third kappa shape index (κ3) is 26.0. The standard InChI is InChI=1S/C12H12N2O3.C10H12ClIN2O.C10H9ClN2O2.C10H13ClN2O.C8H5ClN2O2.C5H4ClIN2.C5H5ClN2/c1-3-17-12(16)10-6-8-4-5-9(7(2)15)13-11(8)14-10;1-10(2,3)9(15)14-8-6(12)4-5-7(11)13-8;1-2-15-10(14)7-5-6-3-4-8(11)13-9(6)12-7;1-10(2,3)9(14)13-8-6-4-5-7(11)12-8;9-6-2-1-4-3-5(8(12)13)10-7(4)11-6;6-4-2-1-3(7)5(8)9-4;6-4-2-1-3-5(7)8-4/h4-6H,3H2,1-2H3,(H,13,14);4-5H,1-3H3,(H,13,14,15);3-5H,2H2,1H3,(H,12,13);4-6H,1-3H3,(H,12,13,14);1-3H,(H,10,11)(H,12,13);1-2H,(H2,8,9);1-3H,(H2,7,8). The second kappa shape index (κ2) is 35.9. The van der Waals surface area contributed by atoms with Gasteiger partial charge in [-0.3, -0.25) is 14.4 Å². The van der Waals surface area contributed by atoms with Crippen LogP contribution < -0.4 is 22.1 Å². The minimum atomic E-state index is -1.01. The summed E-state index contributed by atoms with van der Waals surface area (Å²) in [5, 5.41) is 18.8. The van der Waals surface area contributed by atoms with Gasteiger partial charge < -0.3 is 51.6 Å². The van der Waals surface area contributed by atoms with Crippen molar-refractivity contribution in [3.05, 3.63) is 176 Å². The molecule has 23 nitrogen and oxygen atoms in total. The number of Topliss-reactive ketones (excluding diaryl/α,β-unsaturated/α-hetero) is 1. The van der Waals surface area contributed by atoms with Gasteiger partial charge in [-0.2, -0.15) is 0 Å². The Balaban J connectivity index is 0.000000229. The number of carbonyl (C=O) groups excluding carboxylic acids is 5. The van der Waals surface area contributed by atoms with Crippen molar-refractivity contribution in [2.45, 2.75) is 62.3 Å². The van der Waals surface area contributed by atoms with Crippen LogP contribution >= 0.6 is 115 Å². The molecule has 0 aliphatic heterocycles. The van der Waals surface area contributed by atoms with Crippen molar-refractivity contribution in [2.75, 3.05) is 35.3 Å². The van der Waals surface area contributed by atoms with Crippen LogP contribution in [0.5, 0.6) is 0 Å². The topological polar surface area (TPSA) is 355 Å². The second-order valence-electron chi connectivity index (χ2n) is 20.2. The zero-order chi connectivity index (χ0) is 67.9. The molecule has 10 aromatic rings. The van der Waals surface area contributed by atoms with E-state index in [0.717, 1.165) is 23.3 Å². The molecule has 0 atom stereocenters. The van der Waals surface area contributed by atoms with Crippen LogP contribution in [0.2, 0.25) is 30.9 Å². The number of ketones is 1. The maximum absolute atomic E-state index is 11.7. The van der Waals surface area contributed by atoms with Crippen molar-refractivity contribution < 1.29 is 43.3 Å². The SMILES string of the molecule is CC(C)(C)C(=O)Nc1cccc(Cl)n1.CC(C)(C)C(=O)Nc1nc(Cl)ccc1I.CCOC(=O)c1cc2ccc(C(C)=O)nc2[nH]1.CCOC(=O)c1cc2ccc(Cl)nc2[nH]1.Nc1cccc(Cl)n1.Nc1nc(Cl)ccc1I.O=C(O)c1cc2ccc(Cl)nc2[nH]1. The highest BCUT2D eigenvalue weighted by Gasteiger charge is 2.23. The summed E-state index contributed by atoms with van der Waals surface area (Å²) in [4.78, 5) is 104. The smallest absolute Gasteiger partial charge is 0.354 e. The van der Waals surface area contributed by atoms with E-state index in [9.17, 15) is 28.8 Å². The lowest BCUT2D eigenvalue weighted by atomic mass is 9.96. The highest BCUT2D eigenvalue weighted by Crippen LogP contribution is 2.24. The molecule has 10 aromatic heterocycles. The summed E-state index contributed by atoms with van der Waals surface area (Å²) >= 11 is 38.0. The lowest BCUT2D eigenvalue weighted by molar-refractivity contribution is -0.123. The number of nitrogens with zero attached hydrogens (tertiary/aromatic N) is 7. The van der Waals surface area contributed by atoms with Gasteiger partial charge in [-0.05, 0) is 162 Å². The van der Waals surface area contributed by atoms with Gasteiger partial charge in [0.25, 0.3) is 0 Å². The molecule has 0 radical (unpaired) electrons. The molecule has 0 fully saturated rings. The fourth-order valence-corrected chi connectivity index (χ4v) is 8.02. The molecular formula is C60H60Cl6I2N14O9. The highest BCUT2D eigenvalue weighted by atomic mass is 127. The molecule has 0 spiro atoms. The number of aromatic nitrogens is 10. The molecule has 0 saturated heterocycles. The van der Waals surface area contributed by atoms with Crippen LogP contribution in [0.1, 0.15) is 104 Å². The molecule has 0 aliphatic carbocycles. The first kappa shape index (κ1) is 75.9. The van der Waals surface area contributed by atoms with E-state index < -0.39 is 22.8 Å². The zero-order valence-electron chi connectivity index (χ0n) is 49.9. The van der Waals surface area contributed by atoms with Gasteiger partial charge in [0.2, 0.25) is 11.8 Å². The quantitative estimate of drug-likeness (QED) is 0.0303. The number of nitrogens with two attached hydrogens (primary N) is 2. The molecule has 0 saturated carbocycles. The lowest BCUT2D eigenvalue weighted by Gasteiger charge is -2.17. The predicted octanol–water partition coefficient (Wildman–Crippen LogP) is 15.5. The number of hydrogen-bond donors (Lipinski definition) is 8. The van der Waals surface area contributed by atoms with Gasteiger partial charge in [0, 0.05) is 33.9 Å². The summed E-state index contributed by atoms with van der Waals surface area (Å²) in [6.45, 7) is 16.7. The van der Waals surface area contributed by atoms with E-state index in [1.807, 2.05) is 53.7 Å². The molecule has 0 aliphatic rings. The van der Waals surface area contributed by atoms with Gasteiger partial charge in [-0.25, -0.2) is 49.3 Å². The van der Waals surface area contributed by atoms with Crippen LogP contribution in [0.15, 0.2) is 115 Å². The number of ether oxygens (including phenoxy) is 2. The first-order chi connectivity index (χ1) is 42.7. The van der Waals surface area contributed by atoms with Crippen molar-refractivity contribution in [1.82, 2.24) is 49.8 Å². The average Bonchev–Trinajstić information content (AvgIpc) is 4.14. The molecule has 91 heavy (non-hydrogen) atoms. The van der Waals surface area contributed by atoms with E-state index in [0.29, 0.717) is 101 Å². The summed E-state index contributed by atoms with van der Waals surface area (Å²) in [6, 6.07) is 32.3. The number of aromatic amines is 3. The predicted molar refractivity (Wildman–Crippen MR) is 375 cm³/mol. The molecule has 0 bridgehead atoms. The number of carbonyl (C=O) groups is 6. The maximum atomic E-state index is 11.7. The van der Waals surface area contributed by atoms with E-state index in [4.69, 9.17) is 95.7 Å². The number of aromatic carboxylic acids is 1. The molecular weight excluding hydrogens is 1530 g/mol. The summed E-state index contributed by atoms with van der Waals surface area (Å²) in [6.07, 6.45) is 0. The van der Waals surface area contributed by atoms with Crippen molar-refractivity contribution in [3.8, 4) is 0 Å². The van der Waals surface area contributed by atoms with Crippen LogP contribution in [-0.2, 0) is 19.1 Å². The number of nitrogens with one attached hydrogen (secondary N) is 5. The Kier molecular flexibility index (Phi) is 30.0. The lowest BCUT2D eigenvalue weighted by Crippen LogP contribution is -2.28. The van der Waals surface area contributed by atoms with Crippen molar-refractivity contribution in [2.24, 2.45) is 10.8 Å². The number of esters is 2. The number of fused-ring (bicyclic) bond motifs is 3. The normalized spacial score (nSPS) is 10.5. The summed E-state index contributed by atoms with van der Waals surface area (Å²) in [5.41, 5.74) is 12.6. The van der Waals surface area contributed by atoms with Crippen molar-refractivity contribution >= 4 is 207 Å². The molecule has 10 heterocycles. The largest absolute Gasteiger partial charge is 0.477 e. The van der Waals surface area contributed by atoms with Gasteiger partial charge in [0.05, 0.1) is 20.4 Å². The Morgan fingerprint density at radius 1 is 0.505 bits per heavy atom. The first-order valence-corrected chi connectivity index (χ1v) is 31.0. The molecule has 480 valence electrons. The summed E-state index contributed by atoms with van der Waals surface area (Å²) in [5.74, 6) is -0.127. The van der Waals surface area contributed by atoms with E-state index in [1.165, 1.54) is 13.0 Å². The molecule has 10 rings (SSSR count). The molecule has 31 heteroatoms. The number of carboxylic acid groups (broad SMARTS) is 1. The molecule has 0 aromatic carbocycles. The number of rotatable bonds is 8. The maximum Gasteiger partial charge on any atom is 0.354 e. The number of H-pyrrole nitrogens is 3. The fraction of sp³-hybridized carbons (Fsp3) is 0.217. The molecule has 2 amide bonds. The Hall–Kier alpha value is -7.51. The van der Waals surface area contributed by atoms with Gasteiger partial charge in [-0.15, -0.1) is 0 Å². The monoisotopic (exact) mass is 1580 g/mol. The number of hydrogen-bond acceptors (Lipinski definition) is 17. The van der Waals surface area contributed by atoms with Gasteiger partial charge >= 0.3 is 17.9 Å². The third-order valence-electron chi connectivity index (χ3n) is 10.9. The van der Waals surface area contributed by atoms with Crippen LogP contribution in [-0.4, -0.2) is 104 Å². The second-order valence-corrected chi connectivity index (χ2v) is 24.9. The number of amides is 2. The van der Waals surface area contributed by atoms with Gasteiger partial charge in [0.1, 0.15) is 93.9 Å². The van der Waals surface area contributed by atoms with Crippen molar-refractivity contribution in [1.29, 1.82) is 0 Å². The number of nitrogen functional groups attached to an aromatic ring is 2. The minimum Gasteiger partial charge on any atom is -0.477 e. The molecule has 10 N–H and O–H groups in total. The average molecular weight is 1590 g/mol. The molecule has 0 unspecified atom stereocenters. The van der Waals surface area contributed by atoms with Gasteiger partial charge in [-0.1, -0.05) is 123 Å². The Labute approximate surface area is 579 Å². The summed E-state index contributed by atoms with van der Waals surface area (Å²) in [7, 11) is 0. The number of halogens is 8. The van der Waals surface area contributed by atoms with Gasteiger partial charge in [0.15, 0.2) is 5.78 Å².